The van der Waals surface area contributed by atoms with Gasteiger partial charge in [-0.1, -0.05) is 140 Å². The molecule has 0 saturated carbocycles. The Labute approximate surface area is 337 Å². The van der Waals surface area contributed by atoms with Crippen LogP contribution in [0.5, 0.6) is 0 Å². The number of nitrogens with zero attached hydrogens (tertiary/aromatic N) is 1. The van der Waals surface area contributed by atoms with Crippen molar-refractivity contribution in [1.29, 1.82) is 0 Å². The van der Waals surface area contributed by atoms with Crippen LogP contribution in [-0.4, -0.2) is 80.6 Å². The fourth-order valence-corrected chi connectivity index (χ4v) is 6.22. The highest BCUT2D eigenvalue weighted by atomic mass is 16.6. The van der Waals surface area contributed by atoms with Crippen molar-refractivity contribution in [3.8, 4) is 0 Å². The van der Waals surface area contributed by atoms with Crippen molar-refractivity contribution >= 4 is 17.9 Å². The molecule has 0 aromatic carbocycles. The molecular formula is C47H84NO7+. The number of hydrogen-bond donors (Lipinski definition) is 1. The lowest BCUT2D eigenvalue weighted by Crippen LogP contribution is -2.50. The maximum Gasteiger partial charge on any atom is 0.362 e. The van der Waals surface area contributed by atoms with Crippen LogP contribution in [0.25, 0.3) is 0 Å². The molecule has 0 saturated heterocycles. The fraction of sp³-hybridized carbons (Fsp3) is 0.766. The Bertz CT molecular complexity index is 1040. The molecule has 0 rings (SSSR count). The summed E-state index contributed by atoms with van der Waals surface area (Å²) in [7, 11) is 5.52. The Morgan fingerprint density at radius 1 is 0.545 bits per heavy atom. The Morgan fingerprint density at radius 2 is 1.00 bits per heavy atom. The normalized spacial score (nSPS) is 13.4. The number of hydrogen-bond acceptors (Lipinski definition) is 6. The first-order valence-corrected chi connectivity index (χ1v) is 22.2. The third-order valence-electron chi connectivity index (χ3n) is 9.68. The highest BCUT2D eigenvalue weighted by molar-refractivity contribution is 5.72. The summed E-state index contributed by atoms with van der Waals surface area (Å²) in [4.78, 5) is 37.0. The number of carbonyl (C=O) groups excluding carboxylic acids is 2. The van der Waals surface area contributed by atoms with Gasteiger partial charge in [-0.05, 0) is 70.6 Å². The lowest BCUT2D eigenvalue weighted by molar-refractivity contribution is -0.887. The van der Waals surface area contributed by atoms with Crippen molar-refractivity contribution in [3.05, 3.63) is 48.6 Å². The first kappa shape index (κ1) is 52.3. The Balaban J connectivity index is 4.37. The Kier molecular flexibility index (Phi) is 36.3. The second kappa shape index (κ2) is 38.2. The van der Waals surface area contributed by atoms with Gasteiger partial charge in [0.05, 0.1) is 34.4 Å². The molecule has 2 unspecified atom stereocenters. The van der Waals surface area contributed by atoms with Crippen LogP contribution in [0.2, 0.25) is 0 Å². The summed E-state index contributed by atoms with van der Waals surface area (Å²) in [5, 5.41) is 9.61. The number of ether oxygens (including phenoxy) is 3. The van der Waals surface area contributed by atoms with E-state index < -0.39 is 18.1 Å². The van der Waals surface area contributed by atoms with Gasteiger partial charge in [0.1, 0.15) is 6.61 Å². The van der Waals surface area contributed by atoms with Gasteiger partial charge < -0.3 is 23.8 Å². The molecule has 0 aromatic rings. The lowest BCUT2D eigenvalue weighted by atomic mass is 10.1. The van der Waals surface area contributed by atoms with E-state index in [2.05, 4.69) is 62.5 Å². The van der Waals surface area contributed by atoms with Crippen LogP contribution in [0.3, 0.4) is 0 Å². The summed E-state index contributed by atoms with van der Waals surface area (Å²) < 4.78 is 17.3. The average Bonchev–Trinajstić information content (AvgIpc) is 3.14. The number of esters is 2. The van der Waals surface area contributed by atoms with Crippen molar-refractivity contribution in [1.82, 2.24) is 0 Å². The summed E-state index contributed by atoms with van der Waals surface area (Å²) in [6.07, 6.45) is 44.3. The third kappa shape index (κ3) is 36.7. The van der Waals surface area contributed by atoms with E-state index in [1.165, 1.54) is 64.2 Å². The molecule has 0 heterocycles. The molecule has 0 aliphatic carbocycles. The van der Waals surface area contributed by atoms with Gasteiger partial charge in [-0.15, -0.1) is 0 Å². The monoisotopic (exact) mass is 775 g/mol. The molecule has 0 aliphatic rings. The van der Waals surface area contributed by atoms with Gasteiger partial charge in [0.25, 0.3) is 0 Å². The van der Waals surface area contributed by atoms with E-state index in [4.69, 9.17) is 14.2 Å². The van der Waals surface area contributed by atoms with Gasteiger partial charge in [0, 0.05) is 19.3 Å². The number of likely N-dealkylation sites (N-methyl/N-ethyl adjacent to an activating group) is 1. The molecule has 55 heavy (non-hydrogen) atoms. The first-order chi connectivity index (χ1) is 26.6. The number of rotatable bonds is 39. The van der Waals surface area contributed by atoms with Gasteiger partial charge in [-0.3, -0.25) is 9.59 Å². The van der Waals surface area contributed by atoms with Gasteiger partial charge in [0.2, 0.25) is 0 Å². The second-order valence-corrected chi connectivity index (χ2v) is 15.9. The van der Waals surface area contributed by atoms with Gasteiger partial charge in [-0.2, -0.15) is 0 Å². The molecule has 2 atom stereocenters. The van der Waals surface area contributed by atoms with E-state index in [9.17, 15) is 19.5 Å². The van der Waals surface area contributed by atoms with Crippen LogP contribution < -0.4 is 0 Å². The predicted octanol–water partition coefficient (Wildman–Crippen LogP) is 12.0. The predicted molar refractivity (Wildman–Crippen MR) is 229 cm³/mol. The van der Waals surface area contributed by atoms with Crippen molar-refractivity contribution < 1.29 is 38.2 Å². The number of carboxylic acids is 1. The highest BCUT2D eigenvalue weighted by Gasteiger charge is 2.31. The Hall–Kier alpha value is -2.71. The zero-order valence-corrected chi connectivity index (χ0v) is 36.1. The van der Waals surface area contributed by atoms with E-state index >= 15 is 0 Å². The van der Waals surface area contributed by atoms with Crippen LogP contribution >= 0.6 is 0 Å². The van der Waals surface area contributed by atoms with Crippen molar-refractivity contribution in [2.45, 2.75) is 193 Å². The molecule has 0 amide bonds. The summed E-state index contributed by atoms with van der Waals surface area (Å²) in [6.45, 7) is 4.63. The summed E-state index contributed by atoms with van der Waals surface area (Å²) in [6, 6.07) is -0.618. The van der Waals surface area contributed by atoms with Gasteiger partial charge in [-0.25, -0.2) is 4.79 Å². The molecule has 1 N–H and O–H groups in total. The number of carboxylic acid groups (broad SMARTS) is 1. The van der Waals surface area contributed by atoms with Gasteiger partial charge in [0.15, 0.2) is 12.1 Å². The van der Waals surface area contributed by atoms with E-state index in [1.807, 2.05) is 21.1 Å². The quantitative estimate of drug-likeness (QED) is 0.0287. The van der Waals surface area contributed by atoms with Crippen molar-refractivity contribution in [3.63, 3.8) is 0 Å². The maximum absolute atomic E-state index is 12.7. The number of carbonyl (C=O) groups is 3. The number of aliphatic carboxylic acids is 1. The van der Waals surface area contributed by atoms with Crippen molar-refractivity contribution in [2.24, 2.45) is 0 Å². The summed E-state index contributed by atoms with van der Waals surface area (Å²) in [5.74, 6) is -1.50. The first-order valence-electron chi connectivity index (χ1n) is 22.2. The minimum absolute atomic E-state index is 0.0526. The van der Waals surface area contributed by atoms with Crippen LogP contribution in [0.15, 0.2) is 48.6 Å². The zero-order valence-electron chi connectivity index (χ0n) is 36.1. The zero-order chi connectivity index (χ0) is 40.7. The molecule has 0 aliphatic heterocycles. The standard InChI is InChI=1S/C47H83NO7/c1-6-8-10-12-14-16-18-20-21-22-23-24-26-28-30-32-34-36-38-46(50)55-43(41-53-40-39-44(47(51)52)48(3,4)5)42-54-45(49)37-35-33-31-29-27-25-19-17-15-13-11-9-7-2/h11,13,16-19,21-22,43-44H,6-10,12,14-15,20,23-42H2,1-5H3/p+1/b13-11-,18-16-,19-17-,22-21-. The van der Waals surface area contributed by atoms with Crippen LogP contribution in [-0.2, 0) is 28.6 Å². The lowest BCUT2D eigenvalue weighted by Gasteiger charge is -2.31. The molecule has 0 aromatic heterocycles. The number of allylic oxidation sites excluding steroid dienone is 8. The highest BCUT2D eigenvalue weighted by Crippen LogP contribution is 2.13. The van der Waals surface area contributed by atoms with Gasteiger partial charge >= 0.3 is 17.9 Å². The largest absolute Gasteiger partial charge is 0.477 e. The molecule has 8 nitrogen and oxygen atoms in total. The van der Waals surface area contributed by atoms with E-state index in [1.54, 1.807) is 0 Å². The topological polar surface area (TPSA) is 99.1 Å². The third-order valence-corrected chi connectivity index (χ3v) is 9.68. The molecule has 0 bridgehead atoms. The van der Waals surface area contributed by atoms with Crippen molar-refractivity contribution in [2.75, 3.05) is 41.0 Å². The summed E-state index contributed by atoms with van der Waals surface area (Å²) in [5.41, 5.74) is 0. The van der Waals surface area contributed by atoms with Crippen LogP contribution in [0.1, 0.15) is 181 Å². The maximum atomic E-state index is 12.7. The van der Waals surface area contributed by atoms with E-state index in [0.29, 0.717) is 19.3 Å². The summed E-state index contributed by atoms with van der Waals surface area (Å²) >= 11 is 0. The molecule has 318 valence electrons. The molecule has 0 spiro atoms. The Morgan fingerprint density at radius 3 is 1.47 bits per heavy atom. The van der Waals surface area contributed by atoms with Crippen LogP contribution in [0.4, 0.5) is 0 Å². The van der Waals surface area contributed by atoms with Crippen LogP contribution in [0, 0.1) is 0 Å². The minimum Gasteiger partial charge on any atom is -0.477 e. The van der Waals surface area contributed by atoms with E-state index in [-0.39, 0.29) is 36.2 Å². The molecule has 8 heteroatoms. The second-order valence-electron chi connectivity index (χ2n) is 15.9. The smallest absolute Gasteiger partial charge is 0.362 e. The number of unbranched alkanes of at least 4 members (excludes halogenated alkanes) is 17. The van der Waals surface area contributed by atoms with E-state index in [0.717, 1.165) is 83.5 Å². The molecule has 0 fully saturated rings. The SMILES string of the molecule is CCC/C=C\C/C=C\CCCCCCCC(=O)OCC(COCCC(C(=O)O)[N+](C)(C)C)OC(=O)CCCCCCCCC/C=C\C/C=C\CCCCCC. The fourth-order valence-electron chi connectivity index (χ4n) is 6.22. The minimum atomic E-state index is -0.880. The number of quaternary nitrogens is 1. The molecule has 0 radical (unpaired) electrons. The average molecular weight is 775 g/mol. The molecular weight excluding hydrogens is 691 g/mol.